The van der Waals surface area contributed by atoms with Crippen molar-refractivity contribution in [1.82, 2.24) is 4.98 Å². The molecule has 1 unspecified atom stereocenters. The Labute approximate surface area is 124 Å². The topological polar surface area (TPSA) is 60.2 Å². The number of thiazole rings is 1. The maximum absolute atomic E-state index is 6.12. The number of nitrogens with two attached hydrogens (primary N) is 1. The maximum atomic E-state index is 6.12. The molecule has 0 aliphatic rings. The summed E-state index contributed by atoms with van der Waals surface area (Å²) in [5.74, 6) is 0.720. The molecule has 108 valence electrons. The van der Waals surface area contributed by atoms with Crippen LogP contribution in [0.5, 0.6) is 5.75 Å². The van der Waals surface area contributed by atoms with Crippen molar-refractivity contribution in [3.8, 4) is 5.75 Å². The van der Waals surface area contributed by atoms with Gasteiger partial charge in [-0.15, -0.1) is 11.3 Å². The van der Waals surface area contributed by atoms with E-state index in [9.17, 15) is 0 Å². The zero-order valence-corrected chi connectivity index (χ0v) is 13.0. The zero-order valence-electron chi connectivity index (χ0n) is 12.1. The van der Waals surface area contributed by atoms with Crippen molar-refractivity contribution in [3.63, 3.8) is 0 Å². The van der Waals surface area contributed by atoms with Gasteiger partial charge in [-0.2, -0.15) is 0 Å². The molecule has 1 heterocycles. The van der Waals surface area contributed by atoms with Crippen molar-refractivity contribution in [2.24, 2.45) is 0 Å². The van der Waals surface area contributed by atoms with Crippen LogP contribution in [0.2, 0.25) is 0 Å². The molecule has 0 fully saturated rings. The van der Waals surface area contributed by atoms with E-state index in [1.807, 2.05) is 31.3 Å². The summed E-state index contributed by atoms with van der Waals surface area (Å²) in [6.07, 6.45) is 2.96. The number of nitrogens with zero attached hydrogens (tertiary/aromatic N) is 1. The minimum Gasteiger partial charge on any atom is -0.492 e. The Morgan fingerprint density at radius 2 is 2.20 bits per heavy atom. The first kappa shape index (κ1) is 14.7. The second-order valence-electron chi connectivity index (χ2n) is 4.53. The fourth-order valence-corrected chi connectivity index (χ4v) is 2.79. The third-order valence-corrected chi connectivity index (χ3v) is 4.35. The van der Waals surface area contributed by atoms with E-state index in [0.29, 0.717) is 12.3 Å². The van der Waals surface area contributed by atoms with Crippen LogP contribution in [0.4, 0.5) is 11.4 Å². The van der Waals surface area contributed by atoms with Crippen LogP contribution in [0, 0.1) is 0 Å². The van der Waals surface area contributed by atoms with Crippen molar-refractivity contribution in [2.75, 3.05) is 17.7 Å². The molecule has 0 aliphatic heterocycles. The lowest BCUT2D eigenvalue weighted by Crippen LogP contribution is -2.09. The van der Waals surface area contributed by atoms with E-state index in [1.54, 1.807) is 11.3 Å². The summed E-state index contributed by atoms with van der Waals surface area (Å²) in [6, 6.07) is 5.91. The lowest BCUT2D eigenvalue weighted by atomic mass is 10.2. The number of anilines is 2. The maximum Gasteiger partial charge on any atom is 0.144 e. The predicted octanol–water partition coefficient (Wildman–Crippen LogP) is 3.86. The monoisotopic (exact) mass is 291 g/mol. The van der Waals surface area contributed by atoms with Gasteiger partial charge in [-0.3, -0.25) is 0 Å². The van der Waals surface area contributed by atoms with Gasteiger partial charge < -0.3 is 15.8 Å². The smallest absolute Gasteiger partial charge is 0.144 e. The molecule has 1 aromatic heterocycles. The molecule has 0 aliphatic carbocycles. The SMILES string of the molecule is CCOc1cccc(NC(C)c2ncc(CC)s2)c1N. The van der Waals surface area contributed by atoms with Crippen LogP contribution in [-0.4, -0.2) is 11.6 Å². The lowest BCUT2D eigenvalue weighted by Gasteiger charge is -2.16. The molecule has 0 bridgehead atoms. The van der Waals surface area contributed by atoms with Crippen LogP contribution in [0.1, 0.15) is 36.7 Å². The van der Waals surface area contributed by atoms with E-state index < -0.39 is 0 Å². The van der Waals surface area contributed by atoms with Gasteiger partial charge in [-0.25, -0.2) is 4.98 Å². The quantitative estimate of drug-likeness (QED) is 0.793. The summed E-state index contributed by atoms with van der Waals surface area (Å²) < 4.78 is 5.51. The molecule has 2 aromatic rings. The van der Waals surface area contributed by atoms with Crippen molar-refractivity contribution >= 4 is 22.7 Å². The molecular weight excluding hydrogens is 270 g/mol. The number of aryl methyl sites for hydroxylation is 1. The number of nitrogen functional groups attached to an aromatic ring is 1. The van der Waals surface area contributed by atoms with Gasteiger partial charge in [0.1, 0.15) is 10.8 Å². The van der Waals surface area contributed by atoms with E-state index in [2.05, 4.69) is 24.1 Å². The summed E-state index contributed by atoms with van der Waals surface area (Å²) in [7, 11) is 0. The highest BCUT2D eigenvalue weighted by Gasteiger charge is 2.13. The van der Waals surface area contributed by atoms with Crippen LogP contribution in [0.25, 0.3) is 0 Å². The number of hydrogen-bond acceptors (Lipinski definition) is 5. The first-order valence-electron chi connectivity index (χ1n) is 6.88. The summed E-state index contributed by atoms with van der Waals surface area (Å²) in [6.45, 7) is 6.78. The van der Waals surface area contributed by atoms with Crippen LogP contribution < -0.4 is 15.8 Å². The molecular formula is C15H21N3OS. The molecule has 1 aromatic carbocycles. The molecule has 5 heteroatoms. The second-order valence-corrected chi connectivity index (χ2v) is 5.68. The average Bonchev–Trinajstić information content (AvgIpc) is 2.92. The highest BCUT2D eigenvalue weighted by atomic mass is 32.1. The number of ether oxygens (including phenoxy) is 1. The Balaban J connectivity index is 2.14. The first-order valence-corrected chi connectivity index (χ1v) is 7.69. The van der Waals surface area contributed by atoms with E-state index in [1.165, 1.54) is 4.88 Å². The molecule has 3 N–H and O–H groups in total. The molecule has 4 nitrogen and oxygen atoms in total. The molecule has 0 spiro atoms. The Kier molecular flexibility index (Phi) is 4.84. The molecule has 0 amide bonds. The van der Waals surface area contributed by atoms with Gasteiger partial charge in [0.15, 0.2) is 0 Å². The van der Waals surface area contributed by atoms with E-state index >= 15 is 0 Å². The Bertz CT molecular complexity index is 568. The van der Waals surface area contributed by atoms with E-state index in [0.717, 1.165) is 22.9 Å². The van der Waals surface area contributed by atoms with Gasteiger partial charge in [0.2, 0.25) is 0 Å². The highest BCUT2D eigenvalue weighted by molar-refractivity contribution is 7.11. The van der Waals surface area contributed by atoms with Crippen LogP contribution in [0.3, 0.4) is 0 Å². The standard InChI is InChI=1S/C15H21N3OS/c1-4-11-9-17-15(20-11)10(3)18-12-7-6-8-13(14(12)16)19-5-2/h6-10,18H,4-5,16H2,1-3H3. The minimum absolute atomic E-state index is 0.125. The van der Waals surface area contributed by atoms with Crippen molar-refractivity contribution in [2.45, 2.75) is 33.2 Å². The number of nitrogens with one attached hydrogen (secondary N) is 1. The fraction of sp³-hybridized carbons (Fsp3) is 0.400. The predicted molar refractivity (Wildman–Crippen MR) is 85.6 cm³/mol. The summed E-state index contributed by atoms with van der Waals surface area (Å²) >= 11 is 1.73. The largest absolute Gasteiger partial charge is 0.492 e. The first-order chi connectivity index (χ1) is 9.65. The van der Waals surface area contributed by atoms with Gasteiger partial charge in [0.05, 0.1) is 24.0 Å². The second kappa shape index (κ2) is 6.61. The lowest BCUT2D eigenvalue weighted by molar-refractivity contribution is 0.342. The van der Waals surface area contributed by atoms with E-state index in [4.69, 9.17) is 10.5 Å². The number of aromatic nitrogens is 1. The summed E-state index contributed by atoms with van der Waals surface area (Å²) in [5, 5.41) is 4.48. The van der Waals surface area contributed by atoms with Gasteiger partial charge in [-0.05, 0) is 32.4 Å². The highest BCUT2D eigenvalue weighted by Crippen LogP contribution is 2.32. The third-order valence-electron chi connectivity index (χ3n) is 3.03. The van der Waals surface area contributed by atoms with Gasteiger partial charge in [-0.1, -0.05) is 13.0 Å². The number of hydrogen-bond donors (Lipinski definition) is 2. The Hall–Kier alpha value is -1.75. The minimum atomic E-state index is 0.125. The number of benzene rings is 1. The molecule has 0 radical (unpaired) electrons. The fourth-order valence-electron chi connectivity index (χ4n) is 1.93. The van der Waals surface area contributed by atoms with Crippen LogP contribution in [0.15, 0.2) is 24.4 Å². The molecule has 0 saturated carbocycles. The van der Waals surface area contributed by atoms with Crippen molar-refractivity contribution in [3.05, 3.63) is 34.3 Å². The van der Waals surface area contributed by atoms with Crippen molar-refractivity contribution in [1.29, 1.82) is 0 Å². The number of rotatable bonds is 6. The van der Waals surface area contributed by atoms with Crippen LogP contribution in [-0.2, 0) is 6.42 Å². The molecule has 1 atom stereocenters. The summed E-state index contributed by atoms with van der Waals surface area (Å²) in [5.41, 5.74) is 7.66. The van der Waals surface area contributed by atoms with Crippen LogP contribution >= 0.6 is 11.3 Å². The van der Waals surface area contributed by atoms with Gasteiger partial charge >= 0.3 is 0 Å². The van der Waals surface area contributed by atoms with Gasteiger partial charge in [0.25, 0.3) is 0 Å². The Morgan fingerprint density at radius 3 is 2.85 bits per heavy atom. The normalized spacial score (nSPS) is 12.2. The molecule has 0 saturated heterocycles. The third kappa shape index (κ3) is 3.22. The van der Waals surface area contributed by atoms with Crippen molar-refractivity contribution < 1.29 is 4.74 Å². The molecule has 20 heavy (non-hydrogen) atoms. The zero-order chi connectivity index (χ0) is 14.5. The average molecular weight is 291 g/mol. The molecule has 2 rings (SSSR count). The Morgan fingerprint density at radius 1 is 1.40 bits per heavy atom. The van der Waals surface area contributed by atoms with Gasteiger partial charge in [0, 0.05) is 11.1 Å². The summed E-state index contributed by atoms with van der Waals surface area (Å²) in [4.78, 5) is 5.75. The van der Waals surface area contributed by atoms with E-state index in [-0.39, 0.29) is 6.04 Å². The number of para-hydroxylation sites is 1.